The lowest BCUT2D eigenvalue weighted by Gasteiger charge is -2.37. The molecule has 3 aromatic carbocycles. The van der Waals surface area contributed by atoms with Gasteiger partial charge in [-0.25, -0.2) is 0 Å². The Morgan fingerprint density at radius 2 is 0.705 bits per heavy atom. The molecule has 1 atom stereocenters. The molecule has 0 radical (unpaired) electrons. The van der Waals surface area contributed by atoms with Crippen molar-refractivity contribution in [1.82, 2.24) is 0 Å². The summed E-state index contributed by atoms with van der Waals surface area (Å²) in [5, 5.41) is -4.06. The van der Waals surface area contributed by atoms with E-state index in [0.29, 0.717) is 19.1 Å². The second-order valence-corrected chi connectivity index (χ2v) is 13.1. The predicted molar refractivity (Wildman–Crippen MR) is 136 cm³/mol. The maximum absolute atomic E-state index is 14.5. The maximum Gasteiger partial charge on any atom is 0.417 e. The first-order chi connectivity index (χ1) is 19.5. The molecule has 1 unspecified atom stereocenters. The van der Waals surface area contributed by atoms with Gasteiger partial charge < -0.3 is 0 Å². The minimum absolute atomic E-state index is 0.119. The SMILES string of the molecule is C=P(c1c(C)cc(C(F)(F)F)cc1C)(c1c(C)cc(C(F)(F)F)cc1C(F)(F)F)c1c(C(F)(F)F)cc(C)cc1C(F)(F)F. The number of halogens is 15. The molecule has 0 aromatic heterocycles. The number of aryl methyl sites for hydroxylation is 4. The van der Waals surface area contributed by atoms with Crippen LogP contribution in [0.5, 0.6) is 0 Å². The molecular formula is C28H20F15P. The number of alkyl halides is 15. The van der Waals surface area contributed by atoms with Gasteiger partial charge in [0.2, 0.25) is 0 Å². The van der Waals surface area contributed by atoms with Crippen LogP contribution in [-0.2, 0) is 30.9 Å². The fourth-order valence-corrected chi connectivity index (χ4v) is 9.82. The summed E-state index contributed by atoms with van der Waals surface area (Å²) in [5.74, 6) is 0. The normalized spacial score (nSPS) is 15.0. The van der Waals surface area contributed by atoms with Crippen LogP contribution in [0.2, 0.25) is 0 Å². The van der Waals surface area contributed by atoms with Crippen molar-refractivity contribution in [3.05, 3.63) is 86.5 Å². The van der Waals surface area contributed by atoms with Crippen molar-refractivity contribution in [2.45, 2.75) is 58.6 Å². The summed E-state index contributed by atoms with van der Waals surface area (Å²) >= 11 is 0. The third-order valence-corrected chi connectivity index (χ3v) is 10.8. The Bertz CT molecular complexity index is 1590. The molecule has 0 aliphatic heterocycles. The second-order valence-electron chi connectivity index (χ2n) is 10.2. The largest absolute Gasteiger partial charge is 0.417 e. The number of rotatable bonds is 3. The zero-order valence-corrected chi connectivity index (χ0v) is 23.7. The van der Waals surface area contributed by atoms with Gasteiger partial charge in [0.25, 0.3) is 0 Å². The van der Waals surface area contributed by atoms with Crippen LogP contribution in [0.25, 0.3) is 0 Å². The van der Waals surface area contributed by atoms with Gasteiger partial charge in [-0.15, -0.1) is 0 Å². The molecule has 3 rings (SSSR count). The van der Waals surface area contributed by atoms with Crippen molar-refractivity contribution < 1.29 is 65.9 Å². The minimum atomic E-state index is -5.79. The monoisotopic (exact) mass is 672 g/mol. The van der Waals surface area contributed by atoms with E-state index >= 15 is 0 Å². The maximum atomic E-state index is 14.5. The molecule has 0 aliphatic rings. The lowest BCUT2D eigenvalue weighted by Crippen LogP contribution is -2.40. The molecule has 44 heavy (non-hydrogen) atoms. The highest BCUT2D eigenvalue weighted by Gasteiger charge is 2.50. The van der Waals surface area contributed by atoms with E-state index in [9.17, 15) is 65.9 Å². The molecule has 0 saturated heterocycles. The summed E-state index contributed by atoms with van der Waals surface area (Å²) in [6, 6.07) is 0.741. The Morgan fingerprint density at radius 3 is 1.02 bits per heavy atom. The fourth-order valence-electron chi connectivity index (χ4n) is 5.35. The standard InChI is InChI=1S/C28H20F15P/c1-12-6-18(26(35,36)37)23(19(7-12)27(38,39)40)44(5,21-13(2)8-16(9-14(21)3)24(29,30)31)22-15(4)10-17(25(32,33)34)11-20(22)28(41,42)43/h6-11H,5H2,1-4H3. The van der Waals surface area contributed by atoms with Crippen molar-refractivity contribution in [3.8, 4) is 0 Å². The smallest absolute Gasteiger partial charge is 0.166 e. The first-order valence-corrected chi connectivity index (χ1v) is 14.0. The highest BCUT2D eigenvalue weighted by atomic mass is 31.2. The number of hydrogen-bond donors (Lipinski definition) is 0. The zero-order valence-electron chi connectivity index (χ0n) is 22.8. The summed E-state index contributed by atoms with van der Waals surface area (Å²) < 4.78 is 212. The Hall–Kier alpha value is -3.09. The Balaban J connectivity index is 2.85. The summed E-state index contributed by atoms with van der Waals surface area (Å²) in [5.41, 5.74) is -12.7. The lowest BCUT2D eigenvalue weighted by atomic mass is 10.0. The third kappa shape index (κ3) is 6.48. The number of hydrogen-bond acceptors (Lipinski definition) is 0. The summed E-state index contributed by atoms with van der Waals surface area (Å²) in [6.07, 6.45) is -24.1. The zero-order chi connectivity index (χ0) is 34.2. The van der Waals surface area contributed by atoms with Gasteiger partial charge in [0, 0.05) is 5.30 Å². The summed E-state index contributed by atoms with van der Waals surface area (Å²) in [7, 11) is 0. The van der Waals surface area contributed by atoms with E-state index in [-0.39, 0.29) is 18.2 Å². The Labute approximate surface area is 240 Å². The molecule has 242 valence electrons. The van der Waals surface area contributed by atoms with E-state index in [1.165, 1.54) is 0 Å². The number of benzene rings is 3. The van der Waals surface area contributed by atoms with Gasteiger partial charge in [-0.2, -0.15) is 65.9 Å². The van der Waals surface area contributed by atoms with E-state index in [1.807, 2.05) is 0 Å². The van der Waals surface area contributed by atoms with Crippen LogP contribution < -0.4 is 15.9 Å². The summed E-state index contributed by atoms with van der Waals surface area (Å²) in [4.78, 5) is 0. The molecule has 0 fully saturated rings. The molecule has 0 nitrogen and oxygen atoms in total. The molecule has 0 aliphatic carbocycles. The molecular weight excluding hydrogens is 652 g/mol. The van der Waals surface area contributed by atoms with Gasteiger partial charge in [0.05, 0.1) is 27.8 Å². The van der Waals surface area contributed by atoms with Crippen molar-refractivity contribution in [3.63, 3.8) is 0 Å². The van der Waals surface area contributed by atoms with Crippen molar-refractivity contribution >= 4 is 29.1 Å². The van der Waals surface area contributed by atoms with Gasteiger partial charge in [-0.1, -0.05) is 6.30 Å². The van der Waals surface area contributed by atoms with Crippen LogP contribution in [0, 0.1) is 27.7 Å². The average Bonchev–Trinajstić information content (AvgIpc) is 2.79. The highest BCUT2D eigenvalue weighted by molar-refractivity contribution is 7.93. The van der Waals surface area contributed by atoms with Gasteiger partial charge >= 0.3 is 30.9 Å². The quantitative estimate of drug-likeness (QED) is 0.192. The van der Waals surface area contributed by atoms with E-state index in [4.69, 9.17) is 0 Å². The van der Waals surface area contributed by atoms with Gasteiger partial charge in [-0.3, -0.25) is 0 Å². The van der Waals surface area contributed by atoms with Crippen LogP contribution in [0.3, 0.4) is 0 Å². The minimum Gasteiger partial charge on any atom is -0.166 e. The van der Waals surface area contributed by atoms with E-state index < -0.39 is 110 Å². The van der Waals surface area contributed by atoms with E-state index in [2.05, 4.69) is 6.30 Å². The van der Waals surface area contributed by atoms with Crippen molar-refractivity contribution in [2.75, 3.05) is 0 Å². The van der Waals surface area contributed by atoms with Gasteiger partial charge in [0.15, 0.2) is 0 Å². The van der Waals surface area contributed by atoms with Gasteiger partial charge in [-0.05, 0) is 104 Å². The second kappa shape index (κ2) is 10.8. The molecule has 0 saturated carbocycles. The molecule has 0 N–H and O–H groups in total. The van der Waals surface area contributed by atoms with Crippen LogP contribution in [0.15, 0.2) is 36.4 Å². The highest BCUT2D eigenvalue weighted by Crippen LogP contribution is 2.54. The van der Waals surface area contributed by atoms with Gasteiger partial charge in [0.1, 0.15) is 0 Å². The molecule has 16 heteroatoms. The van der Waals surface area contributed by atoms with Crippen LogP contribution >= 0.6 is 6.89 Å². The van der Waals surface area contributed by atoms with E-state index in [1.54, 1.807) is 0 Å². The average molecular weight is 672 g/mol. The first kappa shape index (κ1) is 35.4. The Morgan fingerprint density at radius 1 is 0.409 bits per heavy atom. The fraction of sp³-hybridized carbons (Fsp3) is 0.321. The summed E-state index contributed by atoms with van der Waals surface area (Å²) in [6.45, 7) is -2.21. The third-order valence-electron chi connectivity index (χ3n) is 6.76. The first-order valence-electron chi connectivity index (χ1n) is 12.0. The molecule has 0 spiro atoms. The van der Waals surface area contributed by atoms with Crippen LogP contribution in [-0.4, -0.2) is 6.30 Å². The van der Waals surface area contributed by atoms with Crippen LogP contribution in [0.4, 0.5) is 65.9 Å². The molecule has 0 amide bonds. The lowest BCUT2D eigenvalue weighted by molar-refractivity contribution is -0.143. The van der Waals surface area contributed by atoms with Crippen LogP contribution in [0.1, 0.15) is 50.1 Å². The topological polar surface area (TPSA) is 0 Å². The van der Waals surface area contributed by atoms with Crippen molar-refractivity contribution in [1.29, 1.82) is 0 Å². The molecule has 3 aromatic rings. The predicted octanol–water partition coefficient (Wildman–Crippen LogP) is 9.74. The van der Waals surface area contributed by atoms with E-state index in [0.717, 1.165) is 20.8 Å². The Kier molecular flexibility index (Phi) is 8.66. The molecule has 0 bridgehead atoms. The molecule has 0 heterocycles. The van der Waals surface area contributed by atoms with Crippen molar-refractivity contribution in [2.24, 2.45) is 0 Å².